The van der Waals surface area contributed by atoms with Gasteiger partial charge in [-0.1, -0.05) is 37.3 Å². The van der Waals surface area contributed by atoms with E-state index in [1.807, 2.05) is 12.1 Å². The van der Waals surface area contributed by atoms with Crippen LogP contribution in [0.25, 0.3) is 6.08 Å². The van der Waals surface area contributed by atoms with Gasteiger partial charge in [0.15, 0.2) is 11.6 Å². The van der Waals surface area contributed by atoms with Crippen LogP contribution in [0.5, 0.6) is 5.75 Å². The molecule has 2 aromatic rings. The predicted molar refractivity (Wildman–Crippen MR) is 102 cm³/mol. The zero-order chi connectivity index (χ0) is 19.4. The van der Waals surface area contributed by atoms with Gasteiger partial charge in [0.2, 0.25) is 0 Å². The molecule has 4 heteroatoms. The van der Waals surface area contributed by atoms with E-state index < -0.39 is 11.6 Å². The van der Waals surface area contributed by atoms with Crippen LogP contribution in [0.4, 0.5) is 13.2 Å². The summed E-state index contributed by atoms with van der Waals surface area (Å²) in [6, 6.07) is 8.30. The first-order valence-corrected chi connectivity index (χ1v) is 9.52. The molecule has 0 radical (unpaired) electrons. The molecule has 0 aliphatic heterocycles. The van der Waals surface area contributed by atoms with Crippen LogP contribution in [0.2, 0.25) is 0 Å². The fourth-order valence-corrected chi connectivity index (χ4v) is 3.83. The third kappa shape index (κ3) is 4.37. The molecule has 27 heavy (non-hydrogen) atoms. The summed E-state index contributed by atoms with van der Waals surface area (Å²) in [5.74, 6) is -0.731. The highest BCUT2D eigenvalue weighted by Crippen LogP contribution is 2.38. The molecule has 0 unspecified atom stereocenters. The summed E-state index contributed by atoms with van der Waals surface area (Å²) in [6.45, 7) is 1.80. The normalized spacial score (nSPS) is 20.2. The molecule has 0 saturated heterocycles. The Kier molecular flexibility index (Phi) is 6.25. The summed E-state index contributed by atoms with van der Waals surface area (Å²) in [5, 5.41) is 0. The molecule has 1 aliphatic rings. The molecule has 0 spiro atoms. The van der Waals surface area contributed by atoms with Gasteiger partial charge in [-0.2, -0.15) is 0 Å². The van der Waals surface area contributed by atoms with E-state index in [-0.39, 0.29) is 17.3 Å². The number of aryl methyl sites for hydroxylation is 1. The first-order chi connectivity index (χ1) is 13.0. The van der Waals surface area contributed by atoms with E-state index in [2.05, 4.69) is 0 Å². The van der Waals surface area contributed by atoms with Crippen LogP contribution < -0.4 is 4.74 Å². The average Bonchev–Trinajstić information content (AvgIpc) is 2.69. The van der Waals surface area contributed by atoms with Crippen molar-refractivity contribution in [2.75, 3.05) is 7.11 Å². The minimum Gasteiger partial charge on any atom is -0.497 e. The van der Waals surface area contributed by atoms with Gasteiger partial charge in [0.1, 0.15) is 11.6 Å². The second-order valence-electron chi connectivity index (χ2n) is 7.15. The van der Waals surface area contributed by atoms with E-state index in [9.17, 15) is 13.2 Å². The number of benzene rings is 2. The van der Waals surface area contributed by atoms with Crippen molar-refractivity contribution in [3.05, 3.63) is 70.5 Å². The molecule has 1 nitrogen and oxygen atoms in total. The number of halogens is 3. The second-order valence-corrected chi connectivity index (χ2v) is 7.15. The van der Waals surface area contributed by atoms with E-state index in [0.29, 0.717) is 23.7 Å². The van der Waals surface area contributed by atoms with Gasteiger partial charge >= 0.3 is 0 Å². The molecule has 3 rings (SSSR count). The highest BCUT2D eigenvalue weighted by atomic mass is 19.2. The van der Waals surface area contributed by atoms with Crippen molar-refractivity contribution in [2.45, 2.75) is 44.9 Å². The molecule has 0 bridgehead atoms. The van der Waals surface area contributed by atoms with Gasteiger partial charge < -0.3 is 4.74 Å². The molecule has 0 atom stereocenters. The Morgan fingerprint density at radius 3 is 2.37 bits per heavy atom. The monoisotopic (exact) mass is 374 g/mol. The van der Waals surface area contributed by atoms with Crippen LogP contribution >= 0.6 is 0 Å². The third-order valence-electron chi connectivity index (χ3n) is 5.54. The summed E-state index contributed by atoms with van der Waals surface area (Å²) >= 11 is 0. The summed E-state index contributed by atoms with van der Waals surface area (Å²) in [7, 11) is 1.52. The summed E-state index contributed by atoms with van der Waals surface area (Å²) in [6.07, 6.45) is 7.68. The number of ether oxygens (including phenoxy) is 1. The molecule has 1 saturated carbocycles. The molecule has 0 N–H and O–H groups in total. The quantitative estimate of drug-likeness (QED) is 0.568. The van der Waals surface area contributed by atoms with Crippen molar-refractivity contribution < 1.29 is 17.9 Å². The Morgan fingerprint density at radius 1 is 1.00 bits per heavy atom. The number of allylic oxidation sites excluding steroid dienone is 1. The molecule has 2 aromatic carbocycles. The number of rotatable bonds is 5. The molecule has 1 aliphatic carbocycles. The average molecular weight is 374 g/mol. The van der Waals surface area contributed by atoms with Crippen molar-refractivity contribution in [1.29, 1.82) is 0 Å². The minimum atomic E-state index is -0.778. The first-order valence-electron chi connectivity index (χ1n) is 9.52. The molecular weight excluding hydrogens is 349 g/mol. The molecule has 144 valence electrons. The van der Waals surface area contributed by atoms with E-state index in [1.54, 1.807) is 31.2 Å². The lowest BCUT2D eigenvalue weighted by Gasteiger charge is -2.27. The van der Waals surface area contributed by atoms with E-state index in [1.165, 1.54) is 13.2 Å². The van der Waals surface area contributed by atoms with Gasteiger partial charge in [-0.05, 0) is 61.1 Å². The minimum absolute atomic E-state index is 0.193. The Hall–Kier alpha value is -2.23. The fourth-order valence-electron chi connectivity index (χ4n) is 3.83. The molecule has 0 heterocycles. The number of hydrogen-bond donors (Lipinski definition) is 0. The zero-order valence-corrected chi connectivity index (χ0v) is 15.8. The van der Waals surface area contributed by atoms with Crippen LogP contribution in [0, 0.1) is 23.4 Å². The summed E-state index contributed by atoms with van der Waals surface area (Å²) in [5.41, 5.74) is 1.42. The maximum absolute atomic E-state index is 14.3. The first kappa shape index (κ1) is 19.5. The van der Waals surface area contributed by atoms with E-state index in [0.717, 1.165) is 31.2 Å². The maximum Gasteiger partial charge on any atom is 0.166 e. The zero-order valence-electron chi connectivity index (χ0n) is 15.8. The largest absolute Gasteiger partial charge is 0.497 e. The van der Waals surface area contributed by atoms with Crippen LogP contribution in [-0.4, -0.2) is 7.11 Å². The molecule has 0 amide bonds. The summed E-state index contributed by atoms with van der Waals surface area (Å²) in [4.78, 5) is 0. The van der Waals surface area contributed by atoms with Gasteiger partial charge in [0, 0.05) is 11.6 Å². The van der Waals surface area contributed by atoms with Gasteiger partial charge in [-0.15, -0.1) is 0 Å². The van der Waals surface area contributed by atoms with Crippen molar-refractivity contribution >= 4 is 6.08 Å². The lowest BCUT2D eigenvalue weighted by atomic mass is 9.78. The third-order valence-corrected chi connectivity index (χ3v) is 5.54. The number of methoxy groups -OCH3 is 1. The Bertz CT molecular complexity index is 821. The van der Waals surface area contributed by atoms with Crippen LogP contribution in [0.1, 0.15) is 55.2 Å². The highest BCUT2D eigenvalue weighted by molar-refractivity contribution is 5.51. The Labute approximate surface area is 158 Å². The molecular formula is C23H25F3O. The molecule has 1 fully saturated rings. The van der Waals surface area contributed by atoms with Crippen molar-refractivity contribution in [2.24, 2.45) is 5.92 Å². The topological polar surface area (TPSA) is 9.23 Å². The second kappa shape index (κ2) is 8.64. The van der Waals surface area contributed by atoms with Gasteiger partial charge in [0.25, 0.3) is 0 Å². The smallest absolute Gasteiger partial charge is 0.166 e. The van der Waals surface area contributed by atoms with Gasteiger partial charge in [-0.25, -0.2) is 13.2 Å². The van der Waals surface area contributed by atoms with E-state index >= 15 is 0 Å². The van der Waals surface area contributed by atoms with Crippen molar-refractivity contribution in [3.63, 3.8) is 0 Å². The maximum atomic E-state index is 14.3. The molecule has 0 aromatic heterocycles. The SMILES string of the molecule is CCc1ccc(/C=C/C2CCC(c3ccc(OC)cc3F)CC2)c(F)c1F. The van der Waals surface area contributed by atoms with Gasteiger partial charge in [0.05, 0.1) is 7.11 Å². The highest BCUT2D eigenvalue weighted by Gasteiger charge is 2.23. The van der Waals surface area contributed by atoms with Crippen molar-refractivity contribution in [3.8, 4) is 5.75 Å². The van der Waals surface area contributed by atoms with Crippen LogP contribution in [0.15, 0.2) is 36.4 Å². The standard InChI is InChI=1S/C23H25F3O/c1-3-16-10-11-18(23(26)22(16)25)9-6-15-4-7-17(8-5-15)20-13-12-19(27-2)14-21(20)24/h6,9-15,17H,3-5,7-8H2,1-2H3/b9-6+. The lowest BCUT2D eigenvalue weighted by Crippen LogP contribution is -2.13. The van der Waals surface area contributed by atoms with Crippen molar-refractivity contribution in [1.82, 2.24) is 0 Å². The Balaban J connectivity index is 1.63. The Morgan fingerprint density at radius 2 is 1.74 bits per heavy atom. The van der Waals surface area contributed by atoms with Crippen LogP contribution in [-0.2, 0) is 6.42 Å². The summed E-state index contributed by atoms with van der Waals surface area (Å²) < 4.78 is 47.3. The lowest BCUT2D eigenvalue weighted by molar-refractivity contribution is 0.367. The predicted octanol–water partition coefficient (Wildman–Crippen LogP) is 6.66. The fraction of sp³-hybridized carbons (Fsp3) is 0.391. The van der Waals surface area contributed by atoms with E-state index in [4.69, 9.17) is 4.74 Å². The number of hydrogen-bond acceptors (Lipinski definition) is 1. The van der Waals surface area contributed by atoms with Gasteiger partial charge in [-0.3, -0.25) is 0 Å². The van der Waals surface area contributed by atoms with Crippen LogP contribution in [0.3, 0.4) is 0 Å².